The monoisotopic (exact) mass is 287 g/mol. The minimum Gasteiger partial charge on any atom is -0.281 e. The number of nitrogens with one attached hydrogen (secondary N) is 2. The number of carbonyl (C=O) groups excluding carboxylic acids is 1. The maximum Gasteiger partial charge on any atom is 0.417 e. The Bertz CT molecular complexity index is 425. The maximum atomic E-state index is 12.3. The third-order valence-electron chi connectivity index (χ3n) is 1.61. The van der Waals surface area contributed by atoms with Crippen molar-refractivity contribution in [2.24, 2.45) is 0 Å². The second-order valence-electron chi connectivity index (χ2n) is 2.86. The minimum absolute atomic E-state index is 0.0990. The molecular formula is C8H6Cl2F3N3O. The van der Waals surface area contributed by atoms with Crippen molar-refractivity contribution < 1.29 is 18.0 Å². The molecule has 0 bridgehead atoms. The molecule has 0 spiro atoms. The molecule has 1 aromatic rings. The molecule has 1 amide bonds. The van der Waals surface area contributed by atoms with E-state index in [4.69, 9.17) is 23.2 Å². The van der Waals surface area contributed by atoms with Crippen molar-refractivity contribution in [2.45, 2.75) is 6.18 Å². The van der Waals surface area contributed by atoms with Crippen molar-refractivity contribution in [3.63, 3.8) is 0 Å². The predicted molar refractivity (Wildman–Crippen MR) is 56.7 cm³/mol. The standard InChI is InChI=1S/C8H6Cl2F3N3O/c9-2-6(17)15-16-7-5(10)1-4(3-14-7)8(11,12)13/h1,3H,2H2,(H,14,16)(H,15,17). The van der Waals surface area contributed by atoms with Gasteiger partial charge in [0.05, 0.1) is 10.6 Å². The zero-order valence-corrected chi connectivity index (χ0v) is 9.62. The highest BCUT2D eigenvalue weighted by atomic mass is 35.5. The van der Waals surface area contributed by atoms with E-state index >= 15 is 0 Å². The van der Waals surface area contributed by atoms with E-state index in [1.54, 1.807) is 0 Å². The number of hydrazine groups is 1. The summed E-state index contributed by atoms with van der Waals surface area (Å²) in [6, 6.07) is 0.698. The quantitative estimate of drug-likeness (QED) is 0.663. The number of aromatic nitrogens is 1. The SMILES string of the molecule is O=C(CCl)NNc1ncc(C(F)(F)F)cc1Cl. The van der Waals surface area contributed by atoms with Gasteiger partial charge in [-0.15, -0.1) is 11.6 Å². The molecule has 0 aliphatic rings. The number of halogens is 5. The number of pyridine rings is 1. The van der Waals surface area contributed by atoms with Crippen LogP contribution in [0.5, 0.6) is 0 Å². The first-order valence-electron chi connectivity index (χ1n) is 4.18. The van der Waals surface area contributed by atoms with Gasteiger partial charge in [-0.05, 0) is 6.07 Å². The Balaban J connectivity index is 2.80. The molecule has 0 atom stereocenters. The summed E-state index contributed by atoms with van der Waals surface area (Å²) in [6.07, 6.45) is -3.92. The van der Waals surface area contributed by atoms with Crippen molar-refractivity contribution in [1.82, 2.24) is 10.4 Å². The lowest BCUT2D eigenvalue weighted by Crippen LogP contribution is -2.30. The van der Waals surface area contributed by atoms with Crippen molar-refractivity contribution in [3.8, 4) is 0 Å². The molecule has 94 valence electrons. The number of alkyl halides is 4. The first-order chi connectivity index (χ1) is 7.84. The number of amides is 1. The normalized spacial score (nSPS) is 11.1. The number of nitrogens with zero attached hydrogens (tertiary/aromatic N) is 1. The van der Waals surface area contributed by atoms with Gasteiger partial charge in [0.1, 0.15) is 5.88 Å². The van der Waals surface area contributed by atoms with Gasteiger partial charge in [0, 0.05) is 6.20 Å². The van der Waals surface area contributed by atoms with Crippen LogP contribution in [0.2, 0.25) is 5.02 Å². The average molecular weight is 288 g/mol. The molecule has 0 radical (unpaired) electrons. The molecule has 9 heteroatoms. The Hall–Kier alpha value is -1.21. The van der Waals surface area contributed by atoms with Crippen LogP contribution in [0.4, 0.5) is 19.0 Å². The first-order valence-corrected chi connectivity index (χ1v) is 5.09. The van der Waals surface area contributed by atoms with Gasteiger partial charge in [0.25, 0.3) is 5.91 Å². The number of anilines is 1. The molecule has 0 fully saturated rings. The highest BCUT2D eigenvalue weighted by Gasteiger charge is 2.31. The summed E-state index contributed by atoms with van der Waals surface area (Å²) in [5.41, 5.74) is 3.37. The van der Waals surface area contributed by atoms with E-state index in [0.717, 1.165) is 0 Å². The van der Waals surface area contributed by atoms with Gasteiger partial charge in [0.15, 0.2) is 5.82 Å². The predicted octanol–water partition coefficient (Wildman–Crippen LogP) is 2.44. The Morgan fingerprint density at radius 3 is 2.59 bits per heavy atom. The van der Waals surface area contributed by atoms with Crippen LogP contribution in [0.3, 0.4) is 0 Å². The minimum atomic E-state index is -4.52. The van der Waals surface area contributed by atoms with E-state index in [0.29, 0.717) is 12.3 Å². The van der Waals surface area contributed by atoms with Crippen molar-refractivity contribution in [2.75, 3.05) is 11.3 Å². The van der Waals surface area contributed by atoms with Crippen LogP contribution in [0.25, 0.3) is 0 Å². The molecule has 4 nitrogen and oxygen atoms in total. The largest absolute Gasteiger partial charge is 0.417 e. The van der Waals surface area contributed by atoms with Crippen LogP contribution in [0.15, 0.2) is 12.3 Å². The van der Waals surface area contributed by atoms with Crippen molar-refractivity contribution in [3.05, 3.63) is 22.8 Å². The molecule has 2 N–H and O–H groups in total. The molecule has 1 rings (SSSR count). The van der Waals surface area contributed by atoms with Crippen molar-refractivity contribution in [1.29, 1.82) is 0 Å². The number of hydrogen-bond acceptors (Lipinski definition) is 3. The summed E-state index contributed by atoms with van der Waals surface area (Å²) in [5.74, 6) is -0.965. The van der Waals surface area contributed by atoms with Gasteiger partial charge in [-0.1, -0.05) is 11.6 Å². The maximum absolute atomic E-state index is 12.3. The number of rotatable bonds is 3. The van der Waals surface area contributed by atoms with Crippen LogP contribution in [0.1, 0.15) is 5.56 Å². The van der Waals surface area contributed by atoms with Crippen LogP contribution >= 0.6 is 23.2 Å². The van der Waals surface area contributed by atoms with Gasteiger partial charge in [-0.3, -0.25) is 15.6 Å². The molecule has 1 aromatic heterocycles. The number of hydrogen-bond donors (Lipinski definition) is 2. The summed E-state index contributed by atoms with van der Waals surface area (Å²) in [7, 11) is 0. The van der Waals surface area contributed by atoms with Crippen LogP contribution < -0.4 is 10.9 Å². The van der Waals surface area contributed by atoms with Crippen LogP contribution in [-0.2, 0) is 11.0 Å². The fourth-order valence-electron chi connectivity index (χ4n) is 0.847. The molecular weight excluding hydrogens is 282 g/mol. The van der Waals surface area contributed by atoms with Gasteiger partial charge >= 0.3 is 6.18 Å². The fraction of sp³-hybridized carbons (Fsp3) is 0.250. The zero-order chi connectivity index (χ0) is 13.1. The number of carbonyl (C=O) groups is 1. The second kappa shape index (κ2) is 5.42. The van der Waals surface area contributed by atoms with Crippen molar-refractivity contribution >= 4 is 34.9 Å². The van der Waals surface area contributed by atoms with E-state index in [2.05, 4.69) is 15.8 Å². The van der Waals surface area contributed by atoms with E-state index < -0.39 is 17.6 Å². The summed E-state index contributed by atoms with van der Waals surface area (Å²) in [5, 5.41) is -0.269. The van der Waals surface area contributed by atoms with E-state index in [1.807, 2.05) is 0 Å². The second-order valence-corrected chi connectivity index (χ2v) is 3.53. The first kappa shape index (κ1) is 13.9. The lowest BCUT2D eigenvalue weighted by atomic mass is 10.3. The molecule has 0 aliphatic carbocycles. The molecule has 0 saturated heterocycles. The van der Waals surface area contributed by atoms with Crippen LogP contribution in [-0.4, -0.2) is 16.8 Å². The van der Waals surface area contributed by atoms with Gasteiger partial charge < -0.3 is 0 Å². The van der Waals surface area contributed by atoms with Crippen LogP contribution in [0, 0.1) is 0 Å². The summed E-state index contributed by atoms with van der Waals surface area (Å²) >= 11 is 10.7. The molecule has 1 heterocycles. The third kappa shape index (κ3) is 3.94. The Morgan fingerprint density at radius 2 is 2.12 bits per heavy atom. The zero-order valence-electron chi connectivity index (χ0n) is 8.11. The summed E-state index contributed by atoms with van der Waals surface area (Å²) in [6.45, 7) is 0. The molecule has 0 aromatic carbocycles. The Morgan fingerprint density at radius 1 is 1.47 bits per heavy atom. The third-order valence-corrected chi connectivity index (χ3v) is 2.14. The Labute approximate surface area is 104 Å². The molecule has 0 aliphatic heterocycles. The summed E-state index contributed by atoms with van der Waals surface area (Å²) < 4.78 is 36.8. The van der Waals surface area contributed by atoms with E-state index in [-0.39, 0.29) is 16.7 Å². The van der Waals surface area contributed by atoms with Gasteiger partial charge in [-0.25, -0.2) is 4.98 Å². The van der Waals surface area contributed by atoms with E-state index in [1.165, 1.54) is 0 Å². The molecule has 0 saturated carbocycles. The summed E-state index contributed by atoms with van der Waals surface area (Å²) in [4.78, 5) is 14.2. The average Bonchev–Trinajstić information content (AvgIpc) is 2.25. The van der Waals surface area contributed by atoms with Gasteiger partial charge in [-0.2, -0.15) is 13.2 Å². The highest BCUT2D eigenvalue weighted by Crippen LogP contribution is 2.32. The lowest BCUT2D eigenvalue weighted by Gasteiger charge is -2.10. The molecule has 0 unspecified atom stereocenters. The lowest BCUT2D eigenvalue weighted by molar-refractivity contribution is -0.137. The molecule has 17 heavy (non-hydrogen) atoms. The smallest absolute Gasteiger partial charge is 0.281 e. The van der Waals surface area contributed by atoms with E-state index in [9.17, 15) is 18.0 Å². The topological polar surface area (TPSA) is 54.0 Å². The van der Waals surface area contributed by atoms with Gasteiger partial charge in [0.2, 0.25) is 0 Å². The Kier molecular flexibility index (Phi) is 4.41. The highest BCUT2D eigenvalue weighted by molar-refractivity contribution is 6.33. The fourth-order valence-corrected chi connectivity index (χ4v) is 1.13.